The van der Waals surface area contributed by atoms with Gasteiger partial charge in [0.25, 0.3) is 5.91 Å². The van der Waals surface area contributed by atoms with E-state index in [1.165, 1.54) is 21.8 Å². The molecule has 1 aliphatic heterocycles. The molecule has 1 saturated heterocycles. The van der Waals surface area contributed by atoms with Crippen molar-refractivity contribution in [3.8, 4) is 0 Å². The van der Waals surface area contributed by atoms with Crippen LogP contribution in [0.25, 0.3) is 15.9 Å². The zero-order chi connectivity index (χ0) is 17.8. The van der Waals surface area contributed by atoms with Gasteiger partial charge in [-0.3, -0.25) is 4.79 Å². The quantitative estimate of drug-likeness (QED) is 0.674. The third-order valence-corrected chi connectivity index (χ3v) is 6.92. The zero-order valence-electron chi connectivity index (χ0n) is 15.2. The van der Waals surface area contributed by atoms with Crippen molar-refractivity contribution in [1.29, 1.82) is 0 Å². The number of carbonyl (C=O) groups is 1. The Morgan fingerprint density at radius 3 is 2.96 bits per heavy atom. The topological polar surface area (TPSA) is 67.8 Å². The van der Waals surface area contributed by atoms with Crippen LogP contribution in [0.2, 0.25) is 0 Å². The first-order chi connectivity index (χ1) is 12.6. The van der Waals surface area contributed by atoms with Crippen LogP contribution < -0.4 is 4.90 Å². The van der Waals surface area contributed by atoms with E-state index >= 15 is 0 Å². The molecule has 4 heterocycles. The number of aromatic nitrogens is 4. The van der Waals surface area contributed by atoms with Crippen molar-refractivity contribution in [3.63, 3.8) is 0 Å². The lowest BCUT2D eigenvalue weighted by molar-refractivity contribution is -0.883. The lowest BCUT2D eigenvalue weighted by Crippen LogP contribution is -3.12. The van der Waals surface area contributed by atoms with Crippen molar-refractivity contribution in [1.82, 2.24) is 24.5 Å². The first kappa shape index (κ1) is 16.1. The molecule has 136 valence electrons. The minimum absolute atomic E-state index is 0.0631. The van der Waals surface area contributed by atoms with Gasteiger partial charge in [0.1, 0.15) is 11.2 Å². The van der Waals surface area contributed by atoms with Crippen LogP contribution in [-0.4, -0.2) is 63.6 Å². The Hall–Kier alpha value is -2.06. The number of nitrogens with one attached hydrogen (secondary N) is 1. The first-order valence-corrected chi connectivity index (χ1v) is 10.2. The molecule has 1 fully saturated rings. The summed E-state index contributed by atoms with van der Waals surface area (Å²) in [5.41, 5.74) is 2.15. The number of likely N-dealkylation sites (N-methyl/N-ethyl adjacent to an activating group) is 1. The Kier molecular flexibility index (Phi) is 3.72. The van der Waals surface area contributed by atoms with Crippen LogP contribution in [-0.2, 0) is 12.8 Å². The maximum Gasteiger partial charge on any atom is 0.293 e. The molecule has 5 rings (SSSR count). The molecule has 1 N–H and O–H groups in total. The monoisotopic (exact) mass is 371 g/mol. The maximum absolute atomic E-state index is 12.9. The fourth-order valence-electron chi connectivity index (χ4n) is 4.07. The number of hydrogen-bond acceptors (Lipinski definition) is 5. The number of quaternary nitrogens is 1. The Morgan fingerprint density at radius 1 is 1.35 bits per heavy atom. The molecule has 0 aromatic carbocycles. The van der Waals surface area contributed by atoms with Crippen molar-refractivity contribution >= 4 is 33.1 Å². The standard InChI is InChI=1S/C18H22N6OS/c1-11-3-4-13-12(9-11)14-16-20-15(21-24(16)10-19-17(14)26-13)18(25)23-7-5-22(2)6-8-23/h10-11H,3-9H2,1-2H3/p+1/t11-/m0/s1. The molecule has 7 nitrogen and oxygen atoms in total. The Bertz CT molecular complexity index is 1000. The molecule has 0 radical (unpaired) electrons. The average Bonchev–Trinajstić information content (AvgIpc) is 3.22. The van der Waals surface area contributed by atoms with Crippen LogP contribution >= 0.6 is 11.3 Å². The van der Waals surface area contributed by atoms with E-state index in [9.17, 15) is 4.79 Å². The highest BCUT2D eigenvalue weighted by atomic mass is 32.1. The van der Waals surface area contributed by atoms with E-state index in [0.717, 1.165) is 54.9 Å². The highest BCUT2D eigenvalue weighted by Gasteiger charge is 2.28. The van der Waals surface area contributed by atoms with Gasteiger partial charge >= 0.3 is 0 Å². The van der Waals surface area contributed by atoms with Gasteiger partial charge in [-0.15, -0.1) is 16.4 Å². The van der Waals surface area contributed by atoms with E-state index in [2.05, 4.69) is 29.0 Å². The molecule has 3 aromatic rings. The number of hydrogen-bond donors (Lipinski definition) is 1. The molecule has 1 aliphatic carbocycles. The molecule has 26 heavy (non-hydrogen) atoms. The summed E-state index contributed by atoms with van der Waals surface area (Å²) in [5, 5.41) is 5.56. The molecule has 1 atom stereocenters. The number of aryl methyl sites for hydroxylation is 1. The van der Waals surface area contributed by atoms with Crippen LogP contribution in [0.5, 0.6) is 0 Å². The number of thiophene rings is 1. The van der Waals surface area contributed by atoms with Crippen molar-refractivity contribution in [3.05, 3.63) is 22.6 Å². The van der Waals surface area contributed by atoms with Crippen LogP contribution in [0.4, 0.5) is 0 Å². The number of piperazine rings is 1. The summed E-state index contributed by atoms with van der Waals surface area (Å²) in [6.45, 7) is 5.77. The summed E-state index contributed by atoms with van der Waals surface area (Å²) >= 11 is 1.77. The predicted molar refractivity (Wildman–Crippen MR) is 99.9 cm³/mol. The number of rotatable bonds is 1. The smallest absolute Gasteiger partial charge is 0.293 e. The molecule has 1 amide bonds. The molecular weight excluding hydrogens is 348 g/mol. The fraction of sp³-hybridized carbons (Fsp3) is 0.556. The highest BCUT2D eigenvalue weighted by Crippen LogP contribution is 2.38. The molecule has 8 heteroatoms. The summed E-state index contributed by atoms with van der Waals surface area (Å²) in [7, 11) is 2.16. The molecule has 0 saturated carbocycles. The van der Waals surface area contributed by atoms with E-state index < -0.39 is 0 Å². The first-order valence-electron chi connectivity index (χ1n) is 9.36. The molecule has 3 aromatic heterocycles. The normalized spacial score (nSPS) is 21.5. The predicted octanol–water partition coefficient (Wildman–Crippen LogP) is 0.434. The van der Waals surface area contributed by atoms with Gasteiger partial charge in [0.15, 0.2) is 5.65 Å². The maximum atomic E-state index is 12.9. The van der Waals surface area contributed by atoms with E-state index in [1.54, 1.807) is 22.2 Å². The van der Waals surface area contributed by atoms with E-state index in [0.29, 0.717) is 11.7 Å². The third kappa shape index (κ3) is 2.51. The highest BCUT2D eigenvalue weighted by molar-refractivity contribution is 7.19. The van der Waals surface area contributed by atoms with Crippen molar-refractivity contribution in [2.24, 2.45) is 5.92 Å². The van der Waals surface area contributed by atoms with Crippen molar-refractivity contribution < 1.29 is 9.69 Å². The molecule has 0 unspecified atom stereocenters. The second kappa shape index (κ2) is 5.99. The number of nitrogens with zero attached hydrogens (tertiary/aromatic N) is 5. The number of amides is 1. The lowest BCUT2D eigenvalue weighted by atomic mass is 9.89. The van der Waals surface area contributed by atoms with Gasteiger partial charge in [-0.2, -0.15) is 0 Å². The molecule has 0 spiro atoms. The third-order valence-electron chi connectivity index (χ3n) is 5.72. The summed E-state index contributed by atoms with van der Waals surface area (Å²) in [5.74, 6) is 0.909. The minimum atomic E-state index is -0.0631. The van der Waals surface area contributed by atoms with E-state index in [4.69, 9.17) is 0 Å². The summed E-state index contributed by atoms with van der Waals surface area (Å²) in [6.07, 6.45) is 5.11. The summed E-state index contributed by atoms with van der Waals surface area (Å²) in [6, 6.07) is 0. The van der Waals surface area contributed by atoms with Gasteiger partial charge in [-0.05, 0) is 30.7 Å². The summed E-state index contributed by atoms with van der Waals surface area (Å²) in [4.78, 5) is 27.9. The second-order valence-corrected chi connectivity index (χ2v) is 8.81. The van der Waals surface area contributed by atoms with Gasteiger partial charge in [0, 0.05) is 4.88 Å². The largest absolute Gasteiger partial charge is 0.334 e. The fourth-order valence-corrected chi connectivity index (χ4v) is 5.25. The van der Waals surface area contributed by atoms with Crippen LogP contribution in [0.3, 0.4) is 0 Å². The van der Waals surface area contributed by atoms with Gasteiger partial charge in [-0.25, -0.2) is 14.5 Å². The van der Waals surface area contributed by atoms with Crippen LogP contribution in [0.1, 0.15) is 34.4 Å². The van der Waals surface area contributed by atoms with E-state index in [-0.39, 0.29) is 5.91 Å². The van der Waals surface area contributed by atoms with Gasteiger partial charge in [-0.1, -0.05) is 6.92 Å². The van der Waals surface area contributed by atoms with E-state index in [1.807, 2.05) is 4.90 Å². The Labute approximate surface area is 155 Å². The molecule has 0 bridgehead atoms. The summed E-state index contributed by atoms with van der Waals surface area (Å²) < 4.78 is 1.68. The number of carbonyl (C=O) groups excluding carboxylic acids is 1. The minimum Gasteiger partial charge on any atom is -0.334 e. The van der Waals surface area contributed by atoms with Crippen molar-refractivity contribution in [2.45, 2.75) is 26.2 Å². The van der Waals surface area contributed by atoms with Gasteiger partial charge < -0.3 is 9.80 Å². The Balaban J connectivity index is 1.58. The molecule has 2 aliphatic rings. The molecular formula is C18H23N6OS+. The van der Waals surface area contributed by atoms with Crippen LogP contribution in [0.15, 0.2) is 6.33 Å². The Morgan fingerprint density at radius 2 is 2.15 bits per heavy atom. The van der Waals surface area contributed by atoms with Gasteiger partial charge in [0.2, 0.25) is 5.82 Å². The lowest BCUT2D eigenvalue weighted by Gasteiger charge is -2.29. The zero-order valence-corrected chi connectivity index (χ0v) is 16.0. The SMILES string of the molecule is C[C@H]1CCc2sc3ncn4nc(C(=O)N5CC[NH+](C)CC5)nc4c3c2C1. The number of fused-ring (bicyclic) bond motifs is 5. The van der Waals surface area contributed by atoms with Crippen LogP contribution in [0, 0.1) is 5.92 Å². The van der Waals surface area contributed by atoms with Crippen molar-refractivity contribution in [2.75, 3.05) is 33.2 Å². The average molecular weight is 371 g/mol. The second-order valence-electron chi connectivity index (χ2n) is 7.73. The van der Waals surface area contributed by atoms with Gasteiger partial charge in [0.05, 0.1) is 38.6 Å².